The van der Waals surface area contributed by atoms with Gasteiger partial charge in [0.25, 0.3) is 5.91 Å². The van der Waals surface area contributed by atoms with E-state index in [0.717, 1.165) is 5.52 Å². The summed E-state index contributed by atoms with van der Waals surface area (Å²) in [6.45, 7) is 4.06. The summed E-state index contributed by atoms with van der Waals surface area (Å²) in [5.41, 5.74) is 1.07. The zero-order chi connectivity index (χ0) is 16.6. The van der Waals surface area contributed by atoms with Crippen molar-refractivity contribution in [1.29, 1.82) is 0 Å². The van der Waals surface area contributed by atoms with E-state index in [0.29, 0.717) is 29.9 Å². The number of aryl methyl sites for hydroxylation is 1. The van der Waals surface area contributed by atoms with Gasteiger partial charge in [0.05, 0.1) is 17.0 Å². The highest BCUT2D eigenvalue weighted by Crippen LogP contribution is 2.22. The van der Waals surface area contributed by atoms with Crippen molar-refractivity contribution in [3.63, 3.8) is 0 Å². The number of benzene rings is 1. The third-order valence-corrected chi connectivity index (χ3v) is 5.92. The van der Waals surface area contributed by atoms with Crippen LogP contribution in [0.4, 0.5) is 0 Å². The fraction of sp³-hybridized carbons (Fsp3) is 0.438. The largest absolute Gasteiger partial charge is 0.334 e. The van der Waals surface area contributed by atoms with Crippen molar-refractivity contribution in [3.8, 4) is 0 Å². The standard InChI is InChI=1S/C16H19N3O3S/c1-3-19(12-8-9-23(21,22)10-12)16(20)15-13-6-4-5-7-14(13)17-11(2)18-15/h4-7,12H,3,8-10H2,1-2H3. The normalized spacial score (nSPS) is 19.8. The summed E-state index contributed by atoms with van der Waals surface area (Å²) in [6.07, 6.45) is 0.490. The van der Waals surface area contributed by atoms with Gasteiger partial charge in [-0.2, -0.15) is 0 Å². The minimum absolute atomic E-state index is 0.0363. The maximum atomic E-state index is 13.0. The Bertz CT molecular complexity index is 864. The SMILES string of the molecule is CCN(C(=O)c1nc(C)nc2ccccc12)C1CCS(=O)(=O)C1. The van der Waals surface area contributed by atoms with Crippen molar-refractivity contribution >= 4 is 26.6 Å². The van der Waals surface area contributed by atoms with Crippen molar-refractivity contribution in [2.45, 2.75) is 26.3 Å². The first-order valence-electron chi connectivity index (χ1n) is 7.66. The van der Waals surface area contributed by atoms with E-state index >= 15 is 0 Å². The van der Waals surface area contributed by atoms with Crippen molar-refractivity contribution in [2.75, 3.05) is 18.1 Å². The Kier molecular flexibility index (Phi) is 4.06. The van der Waals surface area contributed by atoms with Gasteiger partial charge in [0.2, 0.25) is 0 Å². The fourth-order valence-corrected chi connectivity index (χ4v) is 4.81. The second kappa shape index (κ2) is 5.88. The number of amides is 1. The molecule has 1 aliphatic rings. The van der Waals surface area contributed by atoms with Crippen molar-refractivity contribution in [2.24, 2.45) is 0 Å². The van der Waals surface area contributed by atoms with Gasteiger partial charge in [0.1, 0.15) is 11.5 Å². The van der Waals surface area contributed by atoms with Crippen molar-refractivity contribution < 1.29 is 13.2 Å². The Hall–Kier alpha value is -2.02. The molecule has 0 saturated carbocycles. The summed E-state index contributed by atoms with van der Waals surface area (Å²) in [7, 11) is -3.04. The average Bonchev–Trinajstić information content (AvgIpc) is 2.86. The molecule has 1 aromatic heterocycles. The smallest absolute Gasteiger partial charge is 0.273 e. The number of fused-ring (bicyclic) bond motifs is 1. The minimum atomic E-state index is -3.04. The molecule has 1 unspecified atom stereocenters. The van der Waals surface area contributed by atoms with E-state index in [2.05, 4.69) is 9.97 Å². The number of nitrogens with zero attached hydrogens (tertiary/aromatic N) is 3. The van der Waals surface area contributed by atoms with E-state index in [-0.39, 0.29) is 23.5 Å². The molecule has 0 spiro atoms. The summed E-state index contributed by atoms with van der Waals surface area (Å²) >= 11 is 0. The molecule has 1 fully saturated rings. The van der Waals surface area contributed by atoms with Crippen molar-refractivity contribution in [1.82, 2.24) is 14.9 Å². The van der Waals surface area contributed by atoms with Crippen LogP contribution < -0.4 is 0 Å². The van der Waals surface area contributed by atoms with E-state index in [1.807, 2.05) is 31.2 Å². The molecule has 0 radical (unpaired) electrons. The van der Waals surface area contributed by atoms with Crippen LogP contribution in [0.1, 0.15) is 29.7 Å². The number of rotatable bonds is 3. The van der Waals surface area contributed by atoms with E-state index in [1.54, 1.807) is 11.8 Å². The number of sulfone groups is 1. The van der Waals surface area contributed by atoms with E-state index in [9.17, 15) is 13.2 Å². The Morgan fingerprint density at radius 1 is 1.30 bits per heavy atom. The molecular weight excluding hydrogens is 314 g/mol. The maximum Gasteiger partial charge on any atom is 0.273 e. The lowest BCUT2D eigenvalue weighted by atomic mass is 10.1. The molecule has 0 N–H and O–H groups in total. The Balaban J connectivity index is 2.02. The van der Waals surface area contributed by atoms with E-state index in [1.165, 1.54) is 0 Å². The average molecular weight is 333 g/mol. The van der Waals surface area contributed by atoms with Gasteiger partial charge >= 0.3 is 0 Å². The highest BCUT2D eigenvalue weighted by atomic mass is 32.2. The van der Waals surface area contributed by atoms with Crippen LogP contribution in [0.5, 0.6) is 0 Å². The Morgan fingerprint density at radius 2 is 2.04 bits per heavy atom. The molecule has 3 rings (SSSR count). The first-order valence-corrected chi connectivity index (χ1v) is 9.48. The molecule has 1 atom stereocenters. The first kappa shape index (κ1) is 15.9. The van der Waals surface area contributed by atoms with Crippen molar-refractivity contribution in [3.05, 3.63) is 35.8 Å². The van der Waals surface area contributed by atoms with Crippen LogP contribution in [0, 0.1) is 6.92 Å². The van der Waals surface area contributed by atoms with Crippen LogP contribution in [0.2, 0.25) is 0 Å². The molecule has 7 heteroatoms. The Labute approximate surface area is 135 Å². The second-order valence-corrected chi connectivity index (χ2v) is 8.01. The van der Waals surface area contributed by atoms with Crippen LogP contribution in [0.3, 0.4) is 0 Å². The molecule has 6 nitrogen and oxygen atoms in total. The van der Waals surface area contributed by atoms with Gasteiger partial charge in [-0.3, -0.25) is 4.79 Å². The molecule has 122 valence electrons. The number of para-hydroxylation sites is 1. The second-order valence-electron chi connectivity index (χ2n) is 5.78. The fourth-order valence-electron chi connectivity index (χ4n) is 3.08. The van der Waals surface area contributed by atoms with Gasteiger partial charge in [-0.15, -0.1) is 0 Å². The maximum absolute atomic E-state index is 13.0. The predicted octanol–water partition coefficient (Wildman–Crippen LogP) is 1.59. The van der Waals surface area contributed by atoms with Gasteiger partial charge in [-0.25, -0.2) is 18.4 Å². The summed E-state index contributed by atoms with van der Waals surface area (Å²) in [4.78, 5) is 23.3. The predicted molar refractivity (Wildman–Crippen MR) is 88.0 cm³/mol. The van der Waals surface area contributed by atoms with Gasteiger partial charge in [0.15, 0.2) is 9.84 Å². The van der Waals surface area contributed by atoms with Crippen LogP contribution >= 0.6 is 0 Å². The monoisotopic (exact) mass is 333 g/mol. The molecule has 1 aromatic carbocycles. The number of hydrogen-bond donors (Lipinski definition) is 0. The van der Waals surface area contributed by atoms with Crippen LogP contribution in [-0.2, 0) is 9.84 Å². The number of aromatic nitrogens is 2. The number of carbonyl (C=O) groups is 1. The minimum Gasteiger partial charge on any atom is -0.334 e. The molecule has 2 heterocycles. The lowest BCUT2D eigenvalue weighted by Crippen LogP contribution is -2.41. The molecular formula is C16H19N3O3S. The molecule has 1 amide bonds. The van der Waals surface area contributed by atoms with E-state index < -0.39 is 9.84 Å². The van der Waals surface area contributed by atoms with Gasteiger partial charge in [-0.1, -0.05) is 18.2 Å². The Morgan fingerprint density at radius 3 is 2.70 bits per heavy atom. The quantitative estimate of drug-likeness (QED) is 0.852. The topological polar surface area (TPSA) is 80.2 Å². The number of carbonyl (C=O) groups excluding carboxylic acids is 1. The lowest BCUT2D eigenvalue weighted by Gasteiger charge is -2.27. The summed E-state index contributed by atoms with van der Waals surface area (Å²) in [5.74, 6) is 0.484. The zero-order valence-corrected chi connectivity index (χ0v) is 14.0. The van der Waals surface area contributed by atoms with E-state index in [4.69, 9.17) is 0 Å². The molecule has 0 aliphatic carbocycles. The molecule has 1 aliphatic heterocycles. The highest BCUT2D eigenvalue weighted by Gasteiger charge is 2.35. The summed E-state index contributed by atoms with van der Waals surface area (Å²) < 4.78 is 23.4. The molecule has 2 aromatic rings. The highest BCUT2D eigenvalue weighted by molar-refractivity contribution is 7.91. The zero-order valence-electron chi connectivity index (χ0n) is 13.2. The van der Waals surface area contributed by atoms with Crippen LogP contribution in [0.25, 0.3) is 10.9 Å². The molecule has 0 bridgehead atoms. The summed E-state index contributed by atoms with van der Waals surface area (Å²) in [5, 5.41) is 0.697. The molecule has 1 saturated heterocycles. The third kappa shape index (κ3) is 3.06. The third-order valence-electron chi connectivity index (χ3n) is 4.17. The lowest BCUT2D eigenvalue weighted by molar-refractivity contribution is 0.0704. The molecule has 23 heavy (non-hydrogen) atoms. The van der Waals surface area contributed by atoms with Crippen LogP contribution in [-0.4, -0.2) is 53.3 Å². The van der Waals surface area contributed by atoms with Gasteiger partial charge in [0, 0.05) is 18.0 Å². The summed E-state index contributed by atoms with van der Waals surface area (Å²) in [6, 6.07) is 7.10. The van der Waals surface area contributed by atoms with Crippen LogP contribution in [0.15, 0.2) is 24.3 Å². The van der Waals surface area contributed by atoms with Gasteiger partial charge in [-0.05, 0) is 26.3 Å². The van der Waals surface area contributed by atoms with Gasteiger partial charge < -0.3 is 4.90 Å². The first-order chi connectivity index (χ1) is 10.9. The number of hydrogen-bond acceptors (Lipinski definition) is 5.